The van der Waals surface area contributed by atoms with E-state index in [0.29, 0.717) is 10.9 Å². The lowest BCUT2D eigenvalue weighted by atomic mass is 10.1. The normalized spacial score (nSPS) is 13.0. The van der Waals surface area contributed by atoms with Crippen molar-refractivity contribution in [1.29, 1.82) is 0 Å². The summed E-state index contributed by atoms with van der Waals surface area (Å²) in [4.78, 5) is 2.27. The molecule has 0 amide bonds. The van der Waals surface area contributed by atoms with E-state index in [2.05, 4.69) is 34.7 Å². The number of hydrogen-bond acceptors (Lipinski definition) is 2. The number of nitrogens with zero attached hydrogens (tertiary/aromatic N) is 1. The van der Waals surface area contributed by atoms with E-state index >= 15 is 0 Å². The Hall–Kier alpha value is -0.450. The van der Waals surface area contributed by atoms with Gasteiger partial charge < -0.3 is 10.0 Å². The number of halogens is 2. The Bertz CT molecular complexity index is 349. The maximum Gasteiger partial charge on any atom is 0.124 e. The van der Waals surface area contributed by atoms with Gasteiger partial charge in [0.05, 0.1) is 6.10 Å². The maximum atomic E-state index is 13.2. The van der Waals surface area contributed by atoms with Crippen LogP contribution in [0.5, 0.6) is 0 Å². The first-order valence-electron chi connectivity index (χ1n) is 6.40. The molecule has 0 radical (unpaired) electrons. The van der Waals surface area contributed by atoms with Crippen molar-refractivity contribution in [2.24, 2.45) is 0 Å². The van der Waals surface area contributed by atoms with Crippen LogP contribution in [0.4, 0.5) is 4.39 Å². The SMILES string of the molecule is CCN(CC)CCC(O)Cc1cc(F)cc(Br)c1. The summed E-state index contributed by atoms with van der Waals surface area (Å²) in [5, 5.41) is 9.96. The molecule has 1 aromatic carbocycles. The van der Waals surface area contributed by atoms with Crippen molar-refractivity contribution in [3.05, 3.63) is 34.1 Å². The van der Waals surface area contributed by atoms with Gasteiger partial charge in [0.1, 0.15) is 5.82 Å². The molecular formula is C14H21BrFNO. The van der Waals surface area contributed by atoms with Crippen LogP contribution in [-0.2, 0) is 6.42 Å². The molecule has 0 saturated carbocycles. The number of aliphatic hydroxyl groups excluding tert-OH is 1. The van der Waals surface area contributed by atoms with Crippen molar-refractivity contribution in [2.75, 3.05) is 19.6 Å². The number of hydrogen-bond donors (Lipinski definition) is 1. The lowest BCUT2D eigenvalue weighted by Crippen LogP contribution is -2.27. The summed E-state index contributed by atoms with van der Waals surface area (Å²) >= 11 is 3.26. The molecule has 4 heteroatoms. The zero-order chi connectivity index (χ0) is 13.5. The van der Waals surface area contributed by atoms with E-state index in [-0.39, 0.29) is 5.82 Å². The molecule has 0 aliphatic rings. The van der Waals surface area contributed by atoms with Gasteiger partial charge in [0.25, 0.3) is 0 Å². The molecule has 1 aromatic rings. The predicted molar refractivity (Wildman–Crippen MR) is 76.2 cm³/mol. The molecule has 102 valence electrons. The van der Waals surface area contributed by atoms with E-state index in [0.717, 1.165) is 31.6 Å². The van der Waals surface area contributed by atoms with Gasteiger partial charge in [0.15, 0.2) is 0 Å². The van der Waals surface area contributed by atoms with Crippen molar-refractivity contribution in [1.82, 2.24) is 4.90 Å². The molecule has 1 rings (SSSR count). The Morgan fingerprint density at radius 3 is 2.50 bits per heavy atom. The van der Waals surface area contributed by atoms with E-state index < -0.39 is 6.10 Å². The monoisotopic (exact) mass is 317 g/mol. The van der Waals surface area contributed by atoms with Crippen molar-refractivity contribution in [3.8, 4) is 0 Å². The van der Waals surface area contributed by atoms with Crippen LogP contribution in [0.1, 0.15) is 25.8 Å². The van der Waals surface area contributed by atoms with Gasteiger partial charge in [0, 0.05) is 11.0 Å². The van der Waals surface area contributed by atoms with Gasteiger partial charge in [-0.25, -0.2) is 4.39 Å². The summed E-state index contributed by atoms with van der Waals surface area (Å²) in [5.41, 5.74) is 0.828. The van der Waals surface area contributed by atoms with Crippen molar-refractivity contribution in [2.45, 2.75) is 32.8 Å². The molecule has 2 nitrogen and oxygen atoms in total. The summed E-state index contributed by atoms with van der Waals surface area (Å²) in [6.07, 6.45) is 0.798. The minimum atomic E-state index is -0.417. The number of rotatable bonds is 7. The van der Waals surface area contributed by atoms with Crippen LogP contribution in [0.2, 0.25) is 0 Å². The molecule has 0 heterocycles. The minimum absolute atomic E-state index is 0.268. The Labute approximate surface area is 117 Å². The molecule has 1 N–H and O–H groups in total. The Kier molecular flexibility index (Phi) is 6.82. The second kappa shape index (κ2) is 7.87. The Balaban J connectivity index is 2.46. The highest BCUT2D eigenvalue weighted by Gasteiger charge is 2.09. The second-order valence-corrected chi connectivity index (χ2v) is 5.37. The van der Waals surface area contributed by atoms with Crippen molar-refractivity contribution >= 4 is 15.9 Å². The third-order valence-corrected chi connectivity index (χ3v) is 3.52. The highest BCUT2D eigenvalue weighted by molar-refractivity contribution is 9.10. The zero-order valence-corrected chi connectivity index (χ0v) is 12.6. The van der Waals surface area contributed by atoms with E-state index in [9.17, 15) is 9.50 Å². The largest absolute Gasteiger partial charge is 0.393 e. The van der Waals surface area contributed by atoms with Gasteiger partial charge in [-0.3, -0.25) is 0 Å². The van der Waals surface area contributed by atoms with Crippen LogP contribution >= 0.6 is 15.9 Å². The van der Waals surface area contributed by atoms with Crippen LogP contribution in [0.25, 0.3) is 0 Å². The van der Waals surface area contributed by atoms with Gasteiger partial charge in [-0.15, -0.1) is 0 Å². The predicted octanol–water partition coefficient (Wildman–Crippen LogP) is 3.22. The first kappa shape index (κ1) is 15.6. The van der Waals surface area contributed by atoms with E-state index in [1.54, 1.807) is 0 Å². The van der Waals surface area contributed by atoms with Crippen molar-refractivity contribution < 1.29 is 9.50 Å². The van der Waals surface area contributed by atoms with Gasteiger partial charge in [-0.2, -0.15) is 0 Å². The van der Waals surface area contributed by atoms with Crippen molar-refractivity contribution in [3.63, 3.8) is 0 Å². The fourth-order valence-electron chi connectivity index (χ4n) is 1.97. The fourth-order valence-corrected chi connectivity index (χ4v) is 2.49. The van der Waals surface area contributed by atoms with Gasteiger partial charge in [0.2, 0.25) is 0 Å². The zero-order valence-electron chi connectivity index (χ0n) is 11.0. The van der Waals surface area contributed by atoms with E-state index in [1.165, 1.54) is 12.1 Å². The van der Waals surface area contributed by atoms with Gasteiger partial charge in [-0.05, 0) is 49.7 Å². The van der Waals surface area contributed by atoms with Crippen LogP contribution in [-0.4, -0.2) is 35.7 Å². The summed E-state index contributed by atoms with van der Waals surface area (Å²) < 4.78 is 13.9. The molecule has 0 aliphatic carbocycles. The third-order valence-electron chi connectivity index (χ3n) is 3.07. The smallest absolute Gasteiger partial charge is 0.124 e. The van der Waals surface area contributed by atoms with E-state index in [1.807, 2.05) is 6.07 Å². The summed E-state index contributed by atoms with van der Waals surface area (Å²) in [6.45, 7) is 7.09. The topological polar surface area (TPSA) is 23.5 Å². The summed E-state index contributed by atoms with van der Waals surface area (Å²) in [7, 11) is 0. The lowest BCUT2D eigenvalue weighted by molar-refractivity contribution is 0.143. The van der Waals surface area contributed by atoms with Crippen LogP contribution in [0, 0.1) is 5.82 Å². The average molecular weight is 318 g/mol. The molecule has 0 spiro atoms. The quantitative estimate of drug-likeness (QED) is 0.834. The van der Waals surface area contributed by atoms with Crippen LogP contribution in [0.15, 0.2) is 22.7 Å². The maximum absolute atomic E-state index is 13.2. The van der Waals surface area contributed by atoms with Crippen LogP contribution < -0.4 is 0 Å². The lowest BCUT2D eigenvalue weighted by Gasteiger charge is -2.20. The highest BCUT2D eigenvalue weighted by atomic mass is 79.9. The average Bonchev–Trinajstić information content (AvgIpc) is 2.28. The first-order valence-corrected chi connectivity index (χ1v) is 7.19. The minimum Gasteiger partial charge on any atom is -0.393 e. The molecule has 1 atom stereocenters. The second-order valence-electron chi connectivity index (χ2n) is 4.45. The molecule has 0 fully saturated rings. The third kappa shape index (κ3) is 5.46. The standard InChI is InChI=1S/C14H21BrFNO/c1-3-17(4-2)6-5-14(18)9-11-7-12(15)10-13(16)8-11/h7-8,10,14,18H,3-6,9H2,1-2H3. The molecule has 0 aliphatic heterocycles. The summed E-state index contributed by atoms with van der Waals surface area (Å²) in [5.74, 6) is -0.268. The van der Waals surface area contributed by atoms with Gasteiger partial charge >= 0.3 is 0 Å². The molecule has 1 unspecified atom stereocenters. The molecular weight excluding hydrogens is 297 g/mol. The summed E-state index contributed by atoms with van der Waals surface area (Å²) in [6, 6.07) is 4.75. The first-order chi connectivity index (χ1) is 8.55. The number of benzene rings is 1. The van der Waals surface area contributed by atoms with Gasteiger partial charge in [-0.1, -0.05) is 29.8 Å². The molecule has 18 heavy (non-hydrogen) atoms. The molecule has 0 saturated heterocycles. The van der Waals surface area contributed by atoms with E-state index in [4.69, 9.17) is 0 Å². The Morgan fingerprint density at radius 2 is 1.94 bits per heavy atom. The fraction of sp³-hybridized carbons (Fsp3) is 0.571. The van der Waals surface area contributed by atoms with Crippen LogP contribution in [0.3, 0.4) is 0 Å². The molecule has 0 aromatic heterocycles. The molecule has 0 bridgehead atoms. The number of aliphatic hydroxyl groups is 1. The Morgan fingerprint density at radius 1 is 1.28 bits per heavy atom. The highest BCUT2D eigenvalue weighted by Crippen LogP contribution is 2.16.